The van der Waals surface area contributed by atoms with E-state index in [1.54, 1.807) is 6.20 Å². The maximum absolute atomic E-state index is 5.73. The summed E-state index contributed by atoms with van der Waals surface area (Å²) in [6.45, 7) is 0.527. The molecular weight excluding hydrogens is 222 g/mol. The Labute approximate surface area is 99.9 Å². The van der Waals surface area contributed by atoms with E-state index in [0.29, 0.717) is 18.4 Å². The SMILES string of the molecule is ClCc1ccnc(OCc2ccccc2)c1. The summed E-state index contributed by atoms with van der Waals surface area (Å²) in [5, 5.41) is 0. The van der Waals surface area contributed by atoms with Crippen molar-refractivity contribution in [1.82, 2.24) is 4.98 Å². The lowest BCUT2D eigenvalue weighted by Crippen LogP contribution is -1.97. The Morgan fingerprint density at radius 3 is 2.62 bits per heavy atom. The zero-order chi connectivity index (χ0) is 11.2. The summed E-state index contributed by atoms with van der Waals surface area (Å²) in [6.07, 6.45) is 1.71. The van der Waals surface area contributed by atoms with Crippen LogP contribution in [0.25, 0.3) is 0 Å². The quantitative estimate of drug-likeness (QED) is 0.756. The molecule has 1 aromatic carbocycles. The van der Waals surface area contributed by atoms with Crippen molar-refractivity contribution in [3.05, 3.63) is 59.8 Å². The molecule has 0 aliphatic rings. The summed E-state index contributed by atoms with van der Waals surface area (Å²) in [7, 11) is 0. The van der Waals surface area contributed by atoms with Gasteiger partial charge in [0.2, 0.25) is 5.88 Å². The third-order valence-electron chi connectivity index (χ3n) is 2.18. The van der Waals surface area contributed by atoms with Crippen LogP contribution in [-0.4, -0.2) is 4.98 Å². The molecule has 0 spiro atoms. The molecule has 0 radical (unpaired) electrons. The van der Waals surface area contributed by atoms with Crippen molar-refractivity contribution in [2.75, 3.05) is 0 Å². The van der Waals surface area contributed by atoms with Crippen LogP contribution in [0.3, 0.4) is 0 Å². The van der Waals surface area contributed by atoms with Crippen LogP contribution in [0.5, 0.6) is 5.88 Å². The molecule has 0 aliphatic carbocycles. The number of alkyl halides is 1. The molecule has 0 saturated carbocycles. The van der Waals surface area contributed by atoms with Crippen molar-refractivity contribution >= 4 is 11.6 Å². The van der Waals surface area contributed by atoms with Gasteiger partial charge in [0.15, 0.2) is 0 Å². The zero-order valence-electron chi connectivity index (χ0n) is 8.77. The monoisotopic (exact) mass is 233 g/mol. The molecule has 2 rings (SSSR count). The van der Waals surface area contributed by atoms with E-state index >= 15 is 0 Å². The average molecular weight is 234 g/mol. The molecule has 2 aromatic rings. The Kier molecular flexibility index (Phi) is 3.78. The first-order valence-electron chi connectivity index (χ1n) is 5.06. The summed E-state index contributed by atoms with van der Waals surface area (Å²) in [4.78, 5) is 4.12. The standard InChI is InChI=1S/C13H12ClNO/c14-9-12-6-7-15-13(8-12)16-10-11-4-2-1-3-5-11/h1-8H,9-10H2. The molecule has 0 saturated heterocycles. The lowest BCUT2D eigenvalue weighted by atomic mass is 10.2. The van der Waals surface area contributed by atoms with Crippen molar-refractivity contribution in [1.29, 1.82) is 0 Å². The third kappa shape index (κ3) is 2.97. The summed E-state index contributed by atoms with van der Waals surface area (Å²) in [5.41, 5.74) is 2.14. The largest absolute Gasteiger partial charge is 0.473 e. The minimum atomic E-state index is 0.476. The summed E-state index contributed by atoms with van der Waals surface area (Å²) < 4.78 is 5.56. The molecule has 0 bridgehead atoms. The van der Waals surface area contributed by atoms with Crippen LogP contribution in [0.4, 0.5) is 0 Å². The van der Waals surface area contributed by atoms with Gasteiger partial charge in [0, 0.05) is 18.1 Å². The molecule has 0 atom stereocenters. The maximum atomic E-state index is 5.73. The number of rotatable bonds is 4. The first kappa shape index (κ1) is 11.0. The van der Waals surface area contributed by atoms with Gasteiger partial charge >= 0.3 is 0 Å². The fraction of sp³-hybridized carbons (Fsp3) is 0.154. The van der Waals surface area contributed by atoms with Gasteiger partial charge in [-0.2, -0.15) is 0 Å². The van der Waals surface area contributed by atoms with E-state index < -0.39 is 0 Å². The molecule has 0 fully saturated rings. The lowest BCUT2D eigenvalue weighted by Gasteiger charge is -2.05. The average Bonchev–Trinajstić information content (AvgIpc) is 2.38. The Balaban J connectivity index is 1.99. The molecule has 0 N–H and O–H groups in total. The van der Waals surface area contributed by atoms with Crippen LogP contribution in [-0.2, 0) is 12.5 Å². The van der Waals surface area contributed by atoms with Gasteiger partial charge in [0.25, 0.3) is 0 Å². The molecule has 16 heavy (non-hydrogen) atoms. The molecular formula is C13H12ClNO. The van der Waals surface area contributed by atoms with Gasteiger partial charge in [-0.3, -0.25) is 0 Å². The highest BCUT2D eigenvalue weighted by Gasteiger charge is 1.98. The Bertz CT molecular complexity index is 445. The fourth-order valence-electron chi connectivity index (χ4n) is 1.34. The van der Waals surface area contributed by atoms with Crippen LogP contribution in [0.2, 0.25) is 0 Å². The predicted octanol–water partition coefficient (Wildman–Crippen LogP) is 3.40. The van der Waals surface area contributed by atoms with E-state index in [0.717, 1.165) is 11.1 Å². The second kappa shape index (κ2) is 5.52. The highest BCUT2D eigenvalue weighted by molar-refractivity contribution is 6.17. The van der Waals surface area contributed by atoms with Crippen LogP contribution < -0.4 is 4.74 Å². The number of halogens is 1. The Morgan fingerprint density at radius 1 is 1.06 bits per heavy atom. The number of pyridine rings is 1. The molecule has 1 heterocycles. The number of ether oxygens (including phenoxy) is 1. The van der Waals surface area contributed by atoms with Crippen molar-refractivity contribution in [2.24, 2.45) is 0 Å². The second-order valence-electron chi connectivity index (χ2n) is 3.41. The van der Waals surface area contributed by atoms with E-state index in [-0.39, 0.29) is 0 Å². The molecule has 0 unspecified atom stereocenters. The normalized spacial score (nSPS) is 10.1. The summed E-state index contributed by atoms with van der Waals surface area (Å²) in [6, 6.07) is 13.7. The topological polar surface area (TPSA) is 22.1 Å². The van der Waals surface area contributed by atoms with E-state index in [9.17, 15) is 0 Å². The summed E-state index contributed by atoms with van der Waals surface area (Å²) in [5.74, 6) is 1.09. The second-order valence-corrected chi connectivity index (χ2v) is 3.68. The van der Waals surface area contributed by atoms with Gasteiger partial charge in [-0.05, 0) is 17.2 Å². The minimum Gasteiger partial charge on any atom is -0.473 e. The smallest absolute Gasteiger partial charge is 0.213 e. The number of nitrogens with zero attached hydrogens (tertiary/aromatic N) is 1. The highest BCUT2D eigenvalue weighted by atomic mass is 35.5. The predicted molar refractivity (Wildman–Crippen MR) is 64.6 cm³/mol. The fourth-order valence-corrected chi connectivity index (χ4v) is 1.51. The molecule has 2 nitrogen and oxygen atoms in total. The number of benzene rings is 1. The molecule has 3 heteroatoms. The molecule has 82 valence electrons. The van der Waals surface area contributed by atoms with Crippen LogP contribution >= 0.6 is 11.6 Å². The maximum Gasteiger partial charge on any atom is 0.213 e. The van der Waals surface area contributed by atoms with Gasteiger partial charge in [0.1, 0.15) is 6.61 Å². The van der Waals surface area contributed by atoms with Crippen molar-refractivity contribution in [2.45, 2.75) is 12.5 Å². The van der Waals surface area contributed by atoms with Crippen LogP contribution in [0.1, 0.15) is 11.1 Å². The van der Waals surface area contributed by atoms with E-state index in [1.165, 1.54) is 0 Å². The van der Waals surface area contributed by atoms with Gasteiger partial charge in [-0.15, -0.1) is 11.6 Å². The number of aromatic nitrogens is 1. The third-order valence-corrected chi connectivity index (χ3v) is 2.49. The number of hydrogen-bond acceptors (Lipinski definition) is 2. The van der Waals surface area contributed by atoms with E-state index in [4.69, 9.17) is 16.3 Å². The Hall–Kier alpha value is -1.54. The van der Waals surface area contributed by atoms with Crippen LogP contribution in [0.15, 0.2) is 48.7 Å². The zero-order valence-corrected chi connectivity index (χ0v) is 9.52. The number of hydrogen-bond donors (Lipinski definition) is 0. The Morgan fingerprint density at radius 2 is 1.88 bits per heavy atom. The summed E-state index contributed by atoms with van der Waals surface area (Å²) >= 11 is 5.73. The molecule has 1 aromatic heterocycles. The van der Waals surface area contributed by atoms with Gasteiger partial charge < -0.3 is 4.74 Å². The van der Waals surface area contributed by atoms with Gasteiger partial charge in [0.05, 0.1) is 0 Å². The molecule has 0 aliphatic heterocycles. The molecule has 0 amide bonds. The minimum absolute atomic E-state index is 0.476. The van der Waals surface area contributed by atoms with E-state index in [2.05, 4.69) is 4.98 Å². The first-order valence-corrected chi connectivity index (χ1v) is 5.59. The van der Waals surface area contributed by atoms with Gasteiger partial charge in [-0.25, -0.2) is 4.98 Å². The lowest BCUT2D eigenvalue weighted by molar-refractivity contribution is 0.293. The van der Waals surface area contributed by atoms with Crippen molar-refractivity contribution < 1.29 is 4.74 Å². The van der Waals surface area contributed by atoms with Crippen LogP contribution in [0, 0.1) is 0 Å². The van der Waals surface area contributed by atoms with Gasteiger partial charge in [-0.1, -0.05) is 30.3 Å². The van der Waals surface area contributed by atoms with Crippen molar-refractivity contribution in [3.63, 3.8) is 0 Å². The van der Waals surface area contributed by atoms with Crippen molar-refractivity contribution in [3.8, 4) is 5.88 Å². The first-order chi connectivity index (χ1) is 7.88. The van der Waals surface area contributed by atoms with E-state index in [1.807, 2.05) is 42.5 Å². The highest BCUT2D eigenvalue weighted by Crippen LogP contribution is 2.12.